The van der Waals surface area contributed by atoms with Gasteiger partial charge < -0.3 is 21.4 Å². The molecule has 0 unspecified atom stereocenters. The van der Waals surface area contributed by atoms with Crippen LogP contribution in [0.25, 0.3) is 0 Å². The standard InChI is InChI=1S/C18H23ClN4O4S/c1-11(24)22-16(10-28)18(27)23-15(7-6-14(25)8-20)17(26)21-9-12-2-4-13(19)5-3-12/h2-5,8,15-16,20,28H,6-7,9-10H2,1H3,(H,21,26)(H,22,24)(H,23,27)/t15-,16-/m0/s1. The summed E-state index contributed by atoms with van der Waals surface area (Å²) in [7, 11) is 0. The fraction of sp³-hybridized carbons (Fsp3) is 0.389. The number of amides is 3. The number of nitrogens with one attached hydrogen (secondary N) is 4. The van der Waals surface area contributed by atoms with Crippen LogP contribution in [0, 0.1) is 5.41 Å². The van der Waals surface area contributed by atoms with Gasteiger partial charge in [0.15, 0.2) is 5.78 Å². The van der Waals surface area contributed by atoms with E-state index in [0.717, 1.165) is 5.56 Å². The average molecular weight is 427 g/mol. The summed E-state index contributed by atoms with van der Waals surface area (Å²) in [6.07, 6.45) is 0.610. The third kappa shape index (κ3) is 8.53. The number of rotatable bonds is 11. The van der Waals surface area contributed by atoms with Crippen molar-refractivity contribution in [3.8, 4) is 0 Å². The van der Waals surface area contributed by atoms with E-state index in [1.165, 1.54) is 6.92 Å². The minimum Gasteiger partial charge on any atom is -0.350 e. The summed E-state index contributed by atoms with van der Waals surface area (Å²) < 4.78 is 0. The maximum atomic E-state index is 12.5. The molecule has 0 bridgehead atoms. The third-order valence-electron chi connectivity index (χ3n) is 3.73. The minimum atomic E-state index is -1.00. The van der Waals surface area contributed by atoms with Crippen molar-refractivity contribution in [2.24, 2.45) is 0 Å². The Morgan fingerprint density at radius 2 is 1.75 bits per heavy atom. The molecular weight excluding hydrogens is 404 g/mol. The van der Waals surface area contributed by atoms with Crippen LogP contribution in [0.5, 0.6) is 0 Å². The van der Waals surface area contributed by atoms with Gasteiger partial charge in [0, 0.05) is 30.7 Å². The first kappa shape index (κ1) is 23.6. The van der Waals surface area contributed by atoms with Crippen molar-refractivity contribution in [3.05, 3.63) is 34.9 Å². The van der Waals surface area contributed by atoms with Crippen LogP contribution in [0.3, 0.4) is 0 Å². The van der Waals surface area contributed by atoms with E-state index in [-0.39, 0.29) is 25.1 Å². The summed E-state index contributed by atoms with van der Waals surface area (Å²) in [5, 5.41) is 15.2. The monoisotopic (exact) mass is 426 g/mol. The van der Waals surface area contributed by atoms with Crippen LogP contribution < -0.4 is 16.0 Å². The van der Waals surface area contributed by atoms with Gasteiger partial charge in [-0.2, -0.15) is 12.6 Å². The first-order valence-corrected chi connectivity index (χ1v) is 9.51. The van der Waals surface area contributed by atoms with Gasteiger partial charge in [-0.1, -0.05) is 23.7 Å². The number of ketones is 1. The van der Waals surface area contributed by atoms with E-state index >= 15 is 0 Å². The van der Waals surface area contributed by atoms with Crippen molar-refractivity contribution in [1.82, 2.24) is 16.0 Å². The van der Waals surface area contributed by atoms with Crippen LogP contribution >= 0.6 is 24.2 Å². The summed E-state index contributed by atoms with van der Waals surface area (Å²) in [6.45, 7) is 1.48. The predicted octanol–water partition coefficient (Wildman–Crippen LogP) is 0.874. The number of halogens is 1. The summed E-state index contributed by atoms with van der Waals surface area (Å²) in [6, 6.07) is 4.97. The summed E-state index contributed by atoms with van der Waals surface area (Å²) in [5.74, 6) is -1.89. The lowest BCUT2D eigenvalue weighted by molar-refractivity contribution is -0.131. The number of benzene rings is 1. The molecule has 28 heavy (non-hydrogen) atoms. The molecule has 1 aromatic carbocycles. The molecule has 0 aliphatic carbocycles. The van der Waals surface area contributed by atoms with E-state index in [4.69, 9.17) is 17.0 Å². The number of thiol groups is 1. The topological polar surface area (TPSA) is 128 Å². The lowest BCUT2D eigenvalue weighted by Crippen LogP contribution is -2.54. The van der Waals surface area contributed by atoms with Crippen LogP contribution in [-0.4, -0.2) is 47.6 Å². The number of hydrogen-bond acceptors (Lipinski definition) is 6. The zero-order chi connectivity index (χ0) is 21.1. The van der Waals surface area contributed by atoms with E-state index < -0.39 is 35.6 Å². The number of carbonyl (C=O) groups excluding carboxylic acids is 4. The van der Waals surface area contributed by atoms with E-state index in [9.17, 15) is 19.2 Å². The fourth-order valence-electron chi connectivity index (χ4n) is 2.25. The van der Waals surface area contributed by atoms with Gasteiger partial charge in [-0.3, -0.25) is 19.2 Å². The predicted molar refractivity (Wildman–Crippen MR) is 110 cm³/mol. The van der Waals surface area contributed by atoms with Crippen molar-refractivity contribution in [1.29, 1.82) is 5.41 Å². The number of Topliss-reactive ketones (excluding diaryl/α,β-unsaturated/α-hetero) is 1. The van der Waals surface area contributed by atoms with Crippen molar-refractivity contribution in [2.75, 3.05) is 5.75 Å². The Morgan fingerprint density at radius 1 is 1.11 bits per heavy atom. The Labute approximate surface area is 173 Å². The summed E-state index contributed by atoms with van der Waals surface area (Å²) in [5.41, 5.74) is 0.810. The third-order valence-corrected chi connectivity index (χ3v) is 4.35. The Morgan fingerprint density at radius 3 is 2.29 bits per heavy atom. The van der Waals surface area contributed by atoms with E-state index in [0.29, 0.717) is 11.2 Å². The quantitative estimate of drug-likeness (QED) is 0.265. The molecule has 0 radical (unpaired) electrons. The van der Waals surface area contributed by atoms with Crippen LogP contribution in [-0.2, 0) is 25.7 Å². The lowest BCUT2D eigenvalue weighted by atomic mass is 10.1. The normalized spacial score (nSPS) is 12.4. The Kier molecular flexibility index (Phi) is 10.3. The Bertz CT molecular complexity index is 727. The zero-order valence-electron chi connectivity index (χ0n) is 15.3. The number of carbonyl (C=O) groups is 4. The molecule has 0 aromatic heterocycles. The Hall–Kier alpha value is -2.39. The largest absolute Gasteiger partial charge is 0.350 e. The molecule has 4 N–H and O–H groups in total. The van der Waals surface area contributed by atoms with Crippen molar-refractivity contribution in [3.63, 3.8) is 0 Å². The molecule has 8 nitrogen and oxygen atoms in total. The molecule has 0 saturated carbocycles. The second-order valence-electron chi connectivity index (χ2n) is 5.99. The molecule has 3 amide bonds. The van der Waals surface area contributed by atoms with Crippen LogP contribution in [0.4, 0.5) is 0 Å². The molecule has 1 rings (SSSR count). The van der Waals surface area contributed by atoms with Crippen molar-refractivity contribution in [2.45, 2.75) is 38.4 Å². The van der Waals surface area contributed by atoms with Gasteiger partial charge in [0.05, 0.1) is 6.21 Å². The van der Waals surface area contributed by atoms with Gasteiger partial charge in [0.2, 0.25) is 17.7 Å². The average Bonchev–Trinajstić information content (AvgIpc) is 2.67. The molecule has 0 heterocycles. The van der Waals surface area contributed by atoms with E-state index in [2.05, 4.69) is 28.6 Å². The summed E-state index contributed by atoms with van der Waals surface area (Å²) in [4.78, 5) is 47.5. The lowest BCUT2D eigenvalue weighted by Gasteiger charge is -2.22. The maximum absolute atomic E-state index is 12.5. The first-order valence-electron chi connectivity index (χ1n) is 8.50. The highest BCUT2D eigenvalue weighted by Gasteiger charge is 2.25. The number of hydrogen-bond donors (Lipinski definition) is 5. The molecule has 0 spiro atoms. The second-order valence-corrected chi connectivity index (χ2v) is 6.79. The maximum Gasteiger partial charge on any atom is 0.244 e. The van der Waals surface area contributed by atoms with Gasteiger partial charge >= 0.3 is 0 Å². The minimum absolute atomic E-state index is 0.0196. The van der Waals surface area contributed by atoms with Gasteiger partial charge in [-0.05, 0) is 24.1 Å². The molecule has 152 valence electrons. The molecule has 0 aliphatic heterocycles. The summed E-state index contributed by atoms with van der Waals surface area (Å²) >= 11 is 9.86. The molecule has 1 aromatic rings. The SMILES string of the molecule is CC(=O)N[C@@H](CS)C(=O)N[C@@H](CCC(=O)C=N)C(=O)NCc1ccc(Cl)cc1. The van der Waals surface area contributed by atoms with E-state index in [1.807, 2.05) is 0 Å². The van der Waals surface area contributed by atoms with E-state index in [1.54, 1.807) is 24.3 Å². The van der Waals surface area contributed by atoms with Crippen LogP contribution in [0.1, 0.15) is 25.3 Å². The molecule has 0 aliphatic rings. The molecule has 0 saturated heterocycles. The Balaban J connectivity index is 2.78. The smallest absolute Gasteiger partial charge is 0.244 e. The van der Waals surface area contributed by atoms with Gasteiger partial charge in [-0.15, -0.1) is 0 Å². The van der Waals surface area contributed by atoms with Crippen LogP contribution in [0.15, 0.2) is 24.3 Å². The van der Waals surface area contributed by atoms with Gasteiger partial charge in [0.1, 0.15) is 12.1 Å². The second kappa shape index (κ2) is 12.1. The first-order chi connectivity index (χ1) is 13.3. The highest BCUT2D eigenvalue weighted by atomic mass is 35.5. The van der Waals surface area contributed by atoms with Crippen molar-refractivity contribution < 1.29 is 19.2 Å². The highest BCUT2D eigenvalue weighted by Crippen LogP contribution is 2.09. The van der Waals surface area contributed by atoms with Crippen molar-refractivity contribution >= 4 is 53.9 Å². The molecule has 2 atom stereocenters. The molecular formula is C18H23ClN4O4S. The highest BCUT2D eigenvalue weighted by molar-refractivity contribution is 7.80. The zero-order valence-corrected chi connectivity index (χ0v) is 17.0. The van der Waals surface area contributed by atoms with Gasteiger partial charge in [0.25, 0.3) is 0 Å². The molecule has 10 heteroatoms. The fourth-order valence-corrected chi connectivity index (χ4v) is 2.64. The van der Waals surface area contributed by atoms with Crippen LogP contribution in [0.2, 0.25) is 5.02 Å². The van der Waals surface area contributed by atoms with Gasteiger partial charge in [-0.25, -0.2) is 0 Å². The molecule has 0 fully saturated rings.